The highest BCUT2D eigenvalue weighted by Gasteiger charge is 2.25. The third kappa shape index (κ3) is 11.0. The van der Waals surface area contributed by atoms with Gasteiger partial charge in [-0.25, -0.2) is 9.97 Å². The van der Waals surface area contributed by atoms with Gasteiger partial charge in [-0.1, -0.05) is 224 Å². The van der Waals surface area contributed by atoms with E-state index in [1.807, 2.05) is 72.8 Å². The minimum absolute atomic E-state index is 0.483. The van der Waals surface area contributed by atoms with Crippen molar-refractivity contribution in [1.29, 1.82) is 0 Å². The van der Waals surface area contributed by atoms with E-state index in [-0.39, 0.29) is 0 Å². The molecule has 0 spiro atoms. The molecule has 0 amide bonds. The van der Waals surface area contributed by atoms with Crippen LogP contribution < -0.4 is 0 Å². The topological polar surface area (TPSA) is 149 Å². The summed E-state index contributed by atoms with van der Waals surface area (Å²) in [6, 6.07) is 129. The van der Waals surface area contributed by atoms with Crippen molar-refractivity contribution >= 4 is 141 Å². The number of para-hydroxylation sites is 4. The van der Waals surface area contributed by atoms with Crippen molar-refractivity contribution in [3.8, 4) is 91.6 Å². The van der Waals surface area contributed by atoms with Crippen LogP contribution in [0.25, 0.3) is 233 Å². The van der Waals surface area contributed by atoms with Crippen LogP contribution in [0.15, 0.2) is 389 Å². The lowest BCUT2D eigenvalue weighted by molar-refractivity contribution is 0.943. The van der Waals surface area contributed by atoms with Crippen LogP contribution in [-0.4, -0.2) is 68.1 Å². The van der Waals surface area contributed by atoms with E-state index in [2.05, 4.69) is 329 Å². The molecule has 0 atom stereocenters. The molecule has 0 radical (unpaired) electrons. The highest BCUT2D eigenvalue weighted by Crippen LogP contribution is 2.45. The molecular weight excluding hydrogens is 1470 g/mol. The third-order valence-electron chi connectivity index (χ3n) is 23.6. The van der Waals surface area contributed by atoms with Gasteiger partial charge in [0, 0.05) is 79.0 Å². The molecule has 0 aliphatic carbocycles. The van der Waals surface area contributed by atoms with E-state index in [0.717, 1.165) is 71.6 Å². The average Bonchev–Trinajstić information content (AvgIpc) is 1.48. The van der Waals surface area contributed by atoms with E-state index < -0.39 is 0 Å². The second-order valence-corrected chi connectivity index (χ2v) is 30.2. The van der Waals surface area contributed by atoms with Crippen LogP contribution in [0.2, 0.25) is 0 Å². The molecule has 0 saturated heterocycles. The van der Waals surface area contributed by atoms with Gasteiger partial charge >= 0.3 is 0 Å². The van der Waals surface area contributed by atoms with Gasteiger partial charge in [-0.2, -0.15) is 19.9 Å². The molecule has 25 aromatic rings. The van der Waals surface area contributed by atoms with Crippen LogP contribution in [0.5, 0.6) is 0 Å². The standard InChI is InChI=1S/C55H33N7.C51H31N7/c1-2-15-39-37(13-1)38-14-3-4-16-40(38)44-33-36(25-26-41(39)44)61-49-21-7-5-17-42(49)45-31-34(23-27-51(45)61)35-24-28-52-46(32-35)43-18-6-8-22-50(43)62(52)55-59-53(47-19-9-11-29-56-47)58-54(60-55)48-20-10-12-30-57-48;1-2-14-35-34(13-1)31-48(37-16-4-3-15-36(35)37)57-44-21-7-5-17-38(44)40-29-32(23-25-46(40)57)33-24-26-47-41(30-33)39-18-6-8-22-45(39)58(47)51-55-49(42-19-9-11-27-52-42)54-50(56-51)43-20-10-12-28-53-43/h1-33H;1-31H. The zero-order chi connectivity index (χ0) is 78.9. The zero-order valence-electron chi connectivity index (χ0n) is 64.2. The zero-order valence-corrected chi connectivity index (χ0v) is 64.2. The number of rotatable bonds is 10. The molecule has 0 saturated carbocycles. The fourth-order valence-electron chi connectivity index (χ4n) is 18.2. The van der Waals surface area contributed by atoms with Crippen LogP contribution in [0.3, 0.4) is 0 Å². The Labute approximate surface area is 685 Å². The van der Waals surface area contributed by atoms with Crippen molar-refractivity contribution in [1.82, 2.24) is 68.1 Å². The maximum absolute atomic E-state index is 5.04. The number of benzene rings is 15. The average molecular weight is 1530 g/mol. The number of nitrogens with zero attached hydrogens (tertiary/aromatic N) is 14. The molecule has 14 heteroatoms. The summed E-state index contributed by atoms with van der Waals surface area (Å²) in [7, 11) is 0. The Morgan fingerprint density at radius 3 is 0.833 bits per heavy atom. The van der Waals surface area contributed by atoms with Crippen molar-refractivity contribution in [2.24, 2.45) is 0 Å². The summed E-state index contributed by atoms with van der Waals surface area (Å²) in [6.45, 7) is 0. The van der Waals surface area contributed by atoms with Gasteiger partial charge in [-0.15, -0.1) is 0 Å². The number of fused-ring (bicyclic) bond motifs is 21. The van der Waals surface area contributed by atoms with Gasteiger partial charge in [-0.05, 0) is 210 Å². The number of pyridine rings is 4. The first-order valence-corrected chi connectivity index (χ1v) is 40.1. The molecule has 120 heavy (non-hydrogen) atoms. The lowest BCUT2D eigenvalue weighted by atomic mass is 9.94. The lowest BCUT2D eigenvalue weighted by Crippen LogP contribution is -2.07. The maximum atomic E-state index is 5.04. The van der Waals surface area contributed by atoms with Crippen LogP contribution in [0, 0.1) is 0 Å². The number of aromatic nitrogens is 14. The Hall–Kier alpha value is -16.6. The molecule has 0 aliphatic rings. The van der Waals surface area contributed by atoms with E-state index in [1.165, 1.54) is 103 Å². The molecule has 0 unspecified atom stereocenters. The Balaban J connectivity index is 0.000000137. The van der Waals surface area contributed by atoms with E-state index in [4.69, 9.17) is 29.9 Å². The minimum atomic E-state index is 0.483. The van der Waals surface area contributed by atoms with Crippen molar-refractivity contribution in [2.75, 3.05) is 0 Å². The summed E-state index contributed by atoms with van der Waals surface area (Å²) < 4.78 is 9.11. The predicted octanol–water partition coefficient (Wildman–Crippen LogP) is 25.5. The molecule has 10 aromatic heterocycles. The van der Waals surface area contributed by atoms with Crippen LogP contribution in [0.1, 0.15) is 0 Å². The summed E-state index contributed by atoms with van der Waals surface area (Å²) >= 11 is 0. The van der Waals surface area contributed by atoms with E-state index in [0.29, 0.717) is 58.0 Å². The van der Waals surface area contributed by atoms with E-state index in [1.54, 1.807) is 24.8 Å². The van der Waals surface area contributed by atoms with Gasteiger partial charge in [0.25, 0.3) is 0 Å². The lowest BCUT2D eigenvalue weighted by Gasteiger charge is -2.14. The number of hydrogen-bond acceptors (Lipinski definition) is 10. The van der Waals surface area contributed by atoms with Crippen LogP contribution in [-0.2, 0) is 0 Å². The summed E-state index contributed by atoms with van der Waals surface area (Å²) in [6.07, 6.45) is 7.01. The van der Waals surface area contributed by atoms with Crippen LogP contribution in [0.4, 0.5) is 0 Å². The molecule has 0 N–H and O–H groups in total. The molecule has 15 aromatic carbocycles. The Morgan fingerprint density at radius 1 is 0.167 bits per heavy atom. The van der Waals surface area contributed by atoms with Gasteiger partial charge in [0.05, 0.1) is 49.8 Å². The second kappa shape index (κ2) is 27.6. The van der Waals surface area contributed by atoms with Gasteiger partial charge in [0.2, 0.25) is 11.9 Å². The summed E-state index contributed by atoms with van der Waals surface area (Å²) in [4.78, 5) is 48.1. The van der Waals surface area contributed by atoms with Gasteiger partial charge < -0.3 is 9.13 Å². The van der Waals surface area contributed by atoms with Crippen molar-refractivity contribution in [3.05, 3.63) is 389 Å². The van der Waals surface area contributed by atoms with Crippen molar-refractivity contribution in [2.45, 2.75) is 0 Å². The van der Waals surface area contributed by atoms with Gasteiger partial charge in [0.15, 0.2) is 23.3 Å². The summed E-state index contributed by atoms with van der Waals surface area (Å²) in [5.74, 6) is 2.94. The monoisotopic (exact) mass is 1530 g/mol. The molecule has 0 fully saturated rings. The Kier molecular flexibility index (Phi) is 15.6. The van der Waals surface area contributed by atoms with Gasteiger partial charge in [-0.3, -0.25) is 29.1 Å². The fraction of sp³-hybridized carbons (Fsp3) is 0. The van der Waals surface area contributed by atoms with Gasteiger partial charge in [0.1, 0.15) is 22.8 Å². The Bertz CT molecular complexity index is 8340. The molecule has 0 bridgehead atoms. The summed E-state index contributed by atoms with van der Waals surface area (Å²) in [5, 5.41) is 21.9. The molecule has 10 heterocycles. The van der Waals surface area contributed by atoms with E-state index in [9.17, 15) is 0 Å². The minimum Gasteiger partial charge on any atom is -0.309 e. The first kappa shape index (κ1) is 67.9. The first-order valence-electron chi connectivity index (χ1n) is 40.1. The highest BCUT2D eigenvalue weighted by atomic mass is 15.2. The smallest absolute Gasteiger partial charge is 0.238 e. The largest absolute Gasteiger partial charge is 0.309 e. The van der Waals surface area contributed by atoms with Crippen LogP contribution >= 0.6 is 0 Å². The first-order chi connectivity index (χ1) is 59.5. The maximum Gasteiger partial charge on any atom is 0.238 e. The molecule has 0 aliphatic heterocycles. The molecular formula is C106H64N14. The van der Waals surface area contributed by atoms with E-state index >= 15 is 0 Å². The fourth-order valence-corrected chi connectivity index (χ4v) is 18.2. The highest BCUT2D eigenvalue weighted by molar-refractivity contribution is 6.26. The number of hydrogen-bond donors (Lipinski definition) is 0. The van der Waals surface area contributed by atoms with Crippen molar-refractivity contribution in [3.63, 3.8) is 0 Å². The predicted molar refractivity (Wildman–Crippen MR) is 488 cm³/mol. The quantitative estimate of drug-likeness (QED) is 0.121. The normalized spacial score (nSPS) is 11.8. The Morgan fingerprint density at radius 2 is 0.450 bits per heavy atom. The second-order valence-electron chi connectivity index (χ2n) is 30.2. The third-order valence-corrected chi connectivity index (χ3v) is 23.6. The molecule has 14 nitrogen and oxygen atoms in total. The SMILES string of the molecule is c1ccc(-c2nc(-c3ccccn3)nc(-n3c4ccccc4c4cc(-c5ccc6c(c5)c5ccccc5n6-c5cc6ccccc6c6ccccc56)ccc43)n2)nc1.c1ccc(-c2nc(-c3ccccn3)nc(-n3c4ccccc4c4cc(-c5ccc6c(c5)c5ccccc5n6-c5ccc6c7ccccc7c7ccccc7c6c5)ccc43)n2)nc1. The van der Waals surface area contributed by atoms with Crippen molar-refractivity contribution < 1.29 is 0 Å². The molecule has 558 valence electrons. The summed E-state index contributed by atoms with van der Waals surface area (Å²) in [5.41, 5.74) is 18.2. The molecule has 25 rings (SSSR count).